The van der Waals surface area contributed by atoms with Crippen LogP contribution in [0.25, 0.3) is 0 Å². The lowest BCUT2D eigenvalue weighted by Crippen LogP contribution is -2.05. The van der Waals surface area contributed by atoms with Crippen molar-refractivity contribution >= 4 is 0 Å². The summed E-state index contributed by atoms with van der Waals surface area (Å²) in [6, 6.07) is 5.75. The molecule has 0 radical (unpaired) electrons. The van der Waals surface area contributed by atoms with Crippen LogP contribution in [0.5, 0.6) is 5.75 Å². The van der Waals surface area contributed by atoms with Gasteiger partial charge in [0.1, 0.15) is 18.7 Å². The zero-order valence-electron chi connectivity index (χ0n) is 10.8. The Hall–Kier alpha value is -1.88. The molecule has 0 unspecified atom stereocenters. The molecule has 0 fully saturated rings. The molecule has 2 rings (SSSR count). The van der Waals surface area contributed by atoms with Crippen molar-refractivity contribution in [2.75, 3.05) is 0 Å². The zero-order chi connectivity index (χ0) is 13.1. The van der Waals surface area contributed by atoms with E-state index in [1.54, 1.807) is 17.8 Å². The predicted octanol–water partition coefficient (Wildman–Crippen LogP) is 1.76. The van der Waals surface area contributed by atoms with E-state index in [-0.39, 0.29) is 0 Å². The van der Waals surface area contributed by atoms with Gasteiger partial charge in [0.2, 0.25) is 0 Å². The Morgan fingerprint density at radius 1 is 1.44 bits per heavy atom. The van der Waals surface area contributed by atoms with Gasteiger partial charge in [-0.2, -0.15) is 0 Å². The SMILES string of the molecule is Cc1ccc(OCc2nncn2C)c([C@@H](C)O)c1. The van der Waals surface area contributed by atoms with Crippen molar-refractivity contribution in [3.8, 4) is 5.75 Å². The number of hydrogen-bond donors (Lipinski definition) is 1. The Morgan fingerprint density at radius 3 is 2.83 bits per heavy atom. The van der Waals surface area contributed by atoms with Gasteiger partial charge in [-0.25, -0.2) is 0 Å². The van der Waals surface area contributed by atoms with Crippen molar-refractivity contribution in [1.82, 2.24) is 14.8 Å². The van der Waals surface area contributed by atoms with Crippen molar-refractivity contribution in [3.05, 3.63) is 41.5 Å². The van der Waals surface area contributed by atoms with Crippen molar-refractivity contribution < 1.29 is 9.84 Å². The van der Waals surface area contributed by atoms with Gasteiger partial charge in [-0.1, -0.05) is 11.6 Å². The van der Waals surface area contributed by atoms with Crippen LogP contribution in [0, 0.1) is 6.92 Å². The van der Waals surface area contributed by atoms with E-state index in [0.717, 1.165) is 17.0 Å². The average Bonchev–Trinajstić information content (AvgIpc) is 2.73. The summed E-state index contributed by atoms with van der Waals surface area (Å²) >= 11 is 0. The van der Waals surface area contributed by atoms with E-state index >= 15 is 0 Å². The van der Waals surface area contributed by atoms with Gasteiger partial charge in [-0.15, -0.1) is 10.2 Å². The Bertz CT molecular complexity index is 535. The number of aryl methyl sites for hydroxylation is 2. The van der Waals surface area contributed by atoms with E-state index in [1.165, 1.54) is 0 Å². The monoisotopic (exact) mass is 247 g/mol. The molecule has 0 saturated heterocycles. The number of ether oxygens (including phenoxy) is 1. The molecule has 18 heavy (non-hydrogen) atoms. The third kappa shape index (κ3) is 2.68. The van der Waals surface area contributed by atoms with Crippen LogP contribution >= 0.6 is 0 Å². The Kier molecular flexibility index (Phi) is 3.62. The number of aromatic nitrogens is 3. The summed E-state index contributed by atoms with van der Waals surface area (Å²) in [5.41, 5.74) is 1.88. The fraction of sp³-hybridized carbons (Fsp3) is 0.385. The normalized spacial score (nSPS) is 12.4. The van der Waals surface area contributed by atoms with Gasteiger partial charge in [-0.3, -0.25) is 0 Å². The lowest BCUT2D eigenvalue weighted by molar-refractivity contribution is 0.189. The first-order valence-corrected chi connectivity index (χ1v) is 5.82. The number of aliphatic hydroxyl groups excluding tert-OH is 1. The maximum atomic E-state index is 9.73. The van der Waals surface area contributed by atoms with Crippen LogP contribution in [0.15, 0.2) is 24.5 Å². The summed E-state index contributed by atoms with van der Waals surface area (Å²) in [5, 5.41) is 17.5. The molecule has 0 aliphatic heterocycles. The molecule has 1 aromatic carbocycles. The van der Waals surface area contributed by atoms with Gasteiger partial charge in [0.25, 0.3) is 0 Å². The van der Waals surface area contributed by atoms with Gasteiger partial charge in [0.15, 0.2) is 5.82 Å². The molecule has 0 aliphatic rings. The number of hydrogen-bond acceptors (Lipinski definition) is 4. The maximum Gasteiger partial charge on any atom is 0.170 e. The third-order valence-electron chi connectivity index (χ3n) is 2.78. The average molecular weight is 247 g/mol. The number of benzene rings is 1. The highest BCUT2D eigenvalue weighted by Crippen LogP contribution is 2.26. The van der Waals surface area contributed by atoms with Gasteiger partial charge in [-0.05, 0) is 26.0 Å². The summed E-state index contributed by atoms with van der Waals surface area (Å²) in [4.78, 5) is 0. The van der Waals surface area contributed by atoms with Crippen molar-refractivity contribution in [3.63, 3.8) is 0 Å². The van der Waals surface area contributed by atoms with Crippen LogP contribution in [-0.4, -0.2) is 19.9 Å². The second-order valence-electron chi connectivity index (χ2n) is 4.36. The first-order valence-electron chi connectivity index (χ1n) is 5.82. The van der Waals surface area contributed by atoms with E-state index in [9.17, 15) is 5.11 Å². The minimum atomic E-state index is -0.556. The molecule has 0 bridgehead atoms. The predicted molar refractivity (Wildman–Crippen MR) is 67.1 cm³/mol. The summed E-state index contributed by atoms with van der Waals surface area (Å²) in [6.07, 6.45) is 1.07. The Balaban J connectivity index is 2.16. The molecular formula is C13H17N3O2. The van der Waals surface area contributed by atoms with Crippen LogP contribution in [0.3, 0.4) is 0 Å². The third-order valence-corrected chi connectivity index (χ3v) is 2.78. The number of nitrogens with zero attached hydrogens (tertiary/aromatic N) is 3. The highest BCUT2D eigenvalue weighted by Gasteiger charge is 2.10. The molecule has 5 heteroatoms. The lowest BCUT2D eigenvalue weighted by atomic mass is 10.1. The highest BCUT2D eigenvalue weighted by molar-refractivity contribution is 5.38. The molecule has 1 atom stereocenters. The summed E-state index contributed by atoms with van der Waals surface area (Å²) in [7, 11) is 1.86. The fourth-order valence-corrected chi connectivity index (χ4v) is 1.71. The second kappa shape index (κ2) is 5.18. The molecule has 1 N–H and O–H groups in total. The van der Waals surface area contributed by atoms with E-state index in [1.807, 2.05) is 32.2 Å². The van der Waals surface area contributed by atoms with E-state index in [2.05, 4.69) is 10.2 Å². The summed E-state index contributed by atoms with van der Waals surface area (Å²) in [6.45, 7) is 4.04. The molecule has 1 aromatic heterocycles. The minimum Gasteiger partial charge on any atom is -0.485 e. The molecule has 96 valence electrons. The molecule has 0 amide bonds. The number of aliphatic hydroxyl groups is 1. The zero-order valence-corrected chi connectivity index (χ0v) is 10.8. The van der Waals surface area contributed by atoms with Crippen LogP contribution in [0.4, 0.5) is 0 Å². The van der Waals surface area contributed by atoms with E-state index < -0.39 is 6.10 Å². The van der Waals surface area contributed by atoms with Crippen LogP contribution in [0.1, 0.15) is 30.0 Å². The highest BCUT2D eigenvalue weighted by atomic mass is 16.5. The standard InChI is InChI=1S/C13H17N3O2/c1-9-4-5-12(11(6-9)10(2)17)18-7-13-15-14-8-16(13)3/h4-6,8,10,17H,7H2,1-3H3/t10-/m1/s1. The van der Waals surface area contributed by atoms with Crippen molar-refractivity contribution in [2.24, 2.45) is 7.05 Å². The summed E-state index contributed by atoms with van der Waals surface area (Å²) < 4.78 is 7.50. The molecule has 5 nitrogen and oxygen atoms in total. The second-order valence-corrected chi connectivity index (χ2v) is 4.36. The lowest BCUT2D eigenvalue weighted by Gasteiger charge is -2.13. The smallest absolute Gasteiger partial charge is 0.170 e. The molecular weight excluding hydrogens is 230 g/mol. The Labute approximate surface area is 106 Å². The van der Waals surface area contributed by atoms with Crippen LogP contribution < -0.4 is 4.74 Å². The molecule has 1 heterocycles. The molecule has 0 spiro atoms. The number of rotatable bonds is 4. The van der Waals surface area contributed by atoms with Gasteiger partial charge in [0.05, 0.1) is 6.10 Å². The largest absolute Gasteiger partial charge is 0.485 e. The minimum absolute atomic E-state index is 0.333. The van der Waals surface area contributed by atoms with Crippen LogP contribution in [0.2, 0.25) is 0 Å². The molecule has 0 aliphatic carbocycles. The molecule has 2 aromatic rings. The summed E-state index contributed by atoms with van der Waals surface area (Å²) in [5.74, 6) is 1.42. The van der Waals surface area contributed by atoms with Crippen molar-refractivity contribution in [2.45, 2.75) is 26.6 Å². The van der Waals surface area contributed by atoms with Crippen LogP contribution in [-0.2, 0) is 13.7 Å². The first kappa shape index (κ1) is 12.6. The molecule has 0 saturated carbocycles. The maximum absolute atomic E-state index is 9.73. The van der Waals surface area contributed by atoms with Gasteiger partial charge < -0.3 is 14.4 Å². The van der Waals surface area contributed by atoms with E-state index in [0.29, 0.717) is 12.4 Å². The first-order chi connectivity index (χ1) is 8.58. The van der Waals surface area contributed by atoms with Gasteiger partial charge in [0, 0.05) is 12.6 Å². The fourth-order valence-electron chi connectivity index (χ4n) is 1.71. The topological polar surface area (TPSA) is 60.2 Å². The van der Waals surface area contributed by atoms with E-state index in [4.69, 9.17) is 4.74 Å². The quantitative estimate of drug-likeness (QED) is 0.894. The van der Waals surface area contributed by atoms with Crippen molar-refractivity contribution in [1.29, 1.82) is 0 Å². The van der Waals surface area contributed by atoms with Gasteiger partial charge >= 0.3 is 0 Å². The Morgan fingerprint density at radius 2 is 2.22 bits per heavy atom.